The Balaban J connectivity index is 2.19. The molecule has 1 aliphatic rings. The molecule has 0 aromatic carbocycles. The Morgan fingerprint density at radius 3 is 2.76 bits per heavy atom. The third kappa shape index (κ3) is 2.72. The molecule has 2 heterocycles. The van der Waals surface area contributed by atoms with Gasteiger partial charge in [0.25, 0.3) is 5.56 Å². The van der Waals surface area contributed by atoms with E-state index in [1.165, 1.54) is 29.0 Å². The predicted molar refractivity (Wildman–Crippen MR) is 85.5 cm³/mol. The topological polar surface area (TPSA) is 73.8 Å². The highest BCUT2D eigenvalue weighted by Crippen LogP contribution is 2.27. The average Bonchev–Trinajstić information content (AvgIpc) is 2.88. The van der Waals surface area contributed by atoms with Gasteiger partial charge in [0.15, 0.2) is 5.01 Å². The van der Waals surface area contributed by atoms with Crippen molar-refractivity contribution in [1.82, 2.24) is 14.8 Å². The van der Waals surface area contributed by atoms with Crippen LogP contribution in [0.4, 0.5) is 5.13 Å². The molecule has 1 aliphatic carbocycles. The monoisotopic (exact) mass is 304 g/mol. The molecule has 2 N–H and O–H groups in total. The van der Waals surface area contributed by atoms with Crippen molar-refractivity contribution in [3.63, 3.8) is 0 Å². The maximum atomic E-state index is 12.8. The zero-order valence-corrected chi connectivity index (χ0v) is 13.2. The first-order chi connectivity index (χ1) is 10.1. The van der Waals surface area contributed by atoms with Crippen LogP contribution in [-0.2, 0) is 19.4 Å². The third-order valence-electron chi connectivity index (χ3n) is 3.82. The minimum Gasteiger partial charge on any atom is -0.374 e. The lowest BCUT2D eigenvalue weighted by Gasteiger charge is -2.23. The largest absolute Gasteiger partial charge is 0.374 e. The molecule has 0 bridgehead atoms. The highest BCUT2D eigenvalue weighted by atomic mass is 32.1. The van der Waals surface area contributed by atoms with Gasteiger partial charge in [-0.25, -0.2) is 0 Å². The van der Waals surface area contributed by atoms with Crippen molar-refractivity contribution in [2.45, 2.75) is 46.1 Å². The summed E-state index contributed by atoms with van der Waals surface area (Å²) in [6.07, 6.45) is 4.38. The fourth-order valence-electron chi connectivity index (χ4n) is 2.94. The van der Waals surface area contributed by atoms with Crippen molar-refractivity contribution in [3.05, 3.63) is 27.7 Å². The van der Waals surface area contributed by atoms with Crippen LogP contribution in [0, 0.1) is 5.92 Å². The van der Waals surface area contributed by atoms with Crippen LogP contribution in [0.2, 0.25) is 0 Å². The molecule has 0 saturated heterocycles. The normalized spacial score (nSPS) is 14.4. The number of anilines is 1. The molecule has 2 aromatic rings. The van der Waals surface area contributed by atoms with Gasteiger partial charge in [-0.2, -0.15) is 0 Å². The van der Waals surface area contributed by atoms with E-state index < -0.39 is 0 Å². The second-order valence-corrected chi connectivity index (χ2v) is 7.00. The van der Waals surface area contributed by atoms with Crippen LogP contribution >= 0.6 is 11.3 Å². The molecule has 21 heavy (non-hydrogen) atoms. The minimum absolute atomic E-state index is 0.0421. The number of rotatable bonds is 3. The number of nitrogen functional groups attached to an aromatic ring is 1. The van der Waals surface area contributed by atoms with E-state index in [1.807, 2.05) is 10.6 Å². The van der Waals surface area contributed by atoms with Gasteiger partial charge in [-0.05, 0) is 43.2 Å². The van der Waals surface area contributed by atoms with Crippen molar-refractivity contribution in [3.8, 4) is 10.6 Å². The van der Waals surface area contributed by atoms with Crippen molar-refractivity contribution in [2.24, 2.45) is 5.92 Å². The quantitative estimate of drug-likeness (QED) is 0.945. The lowest BCUT2D eigenvalue weighted by atomic mass is 9.94. The van der Waals surface area contributed by atoms with Gasteiger partial charge < -0.3 is 10.3 Å². The fourth-order valence-corrected chi connectivity index (χ4v) is 3.55. The number of nitrogens with two attached hydrogens (primary N) is 1. The summed E-state index contributed by atoms with van der Waals surface area (Å²) in [5.74, 6) is 0.434. The number of aryl methyl sites for hydroxylation is 1. The van der Waals surface area contributed by atoms with Crippen molar-refractivity contribution >= 4 is 16.5 Å². The lowest BCUT2D eigenvalue weighted by molar-refractivity contribution is 0.481. The molecule has 0 radical (unpaired) electrons. The van der Waals surface area contributed by atoms with E-state index in [0.29, 0.717) is 21.6 Å². The average molecular weight is 304 g/mol. The van der Waals surface area contributed by atoms with Crippen LogP contribution in [0.25, 0.3) is 10.6 Å². The van der Waals surface area contributed by atoms with E-state index in [-0.39, 0.29) is 5.56 Å². The standard InChI is InChI=1S/C15H20N4OS/c1-9(2)8-19-12-6-4-3-5-10(12)7-11(14(19)20)13-17-18-15(16)21-13/h7,9H,3-6,8H2,1-2H3,(H2,16,18). The molecule has 3 rings (SSSR count). The van der Waals surface area contributed by atoms with Crippen LogP contribution in [0.1, 0.15) is 37.9 Å². The van der Waals surface area contributed by atoms with E-state index in [0.717, 1.165) is 25.8 Å². The van der Waals surface area contributed by atoms with Gasteiger partial charge in [-0.15, -0.1) is 10.2 Å². The Labute approximate surface area is 127 Å². The Bertz CT molecular complexity index is 717. The summed E-state index contributed by atoms with van der Waals surface area (Å²) in [5, 5.41) is 8.91. The van der Waals surface area contributed by atoms with E-state index in [4.69, 9.17) is 5.73 Å². The molecule has 6 heteroatoms. The van der Waals surface area contributed by atoms with E-state index in [2.05, 4.69) is 24.0 Å². The summed E-state index contributed by atoms with van der Waals surface area (Å²) in [6, 6.07) is 2.01. The summed E-state index contributed by atoms with van der Waals surface area (Å²) in [7, 11) is 0. The molecule has 0 unspecified atom stereocenters. The van der Waals surface area contributed by atoms with E-state index >= 15 is 0 Å². The Hall–Kier alpha value is -1.69. The highest BCUT2D eigenvalue weighted by Gasteiger charge is 2.20. The Morgan fingerprint density at radius 1 is 1.33 bits per heavy atom. The summed E-state index contributed by atoms with van der Waals surface area (Å²) < 4.78 is 1.95. The maximum Gasteiger partial charge on any atom is 0.261 e. The van der Waals surface area contributed by atoms with Gasteiger partial charge in [0.2, 0.25) is 5.13 Å². The van der Waals surface area contributed by atoms with Gasteiger partial charge in [0.1, 0.15) is 0 Å². The van der Waals surface area contributed by atoms with Gasteiger partial charge in [-0.1, -0.05) is 25.2 Å². The van der Waals surface area contributed by atoms with E-state index in [9.17, 15) is 4.79 Å². The first-order valence-corrected chi connectivity index (χ1v) is 8.23. The SMILES string of the molecule is CC(C)Cn1c2c(cc(-c3nnc(N)s3)c1=O)CCCC2. The second kappa shape index (κ2) is 5.60. The number of fused-ring (bicyclic) bond motifs is 1. The van der Waals surface area contributed by atoms with Crippen LogP contribution < -0.4 is 11.3 Å². The lowest BCUT2D eigenvalue weighted by Crippen LogP contribution is -2.29. The van der Waals surface area contributed by atoms with Gasteiger partial charge in [0, 0.05) is 12.2 Å². The summed E-state index contributed by atoms with van der Waals surface area (Å²) in [4.78, 5) is 12.8. The zero-order chi connectivity index (χ0) is 15.0. The molecule has 0 atom stereocenters. The summed E-state index contributed by atoms with van der Waals surface area (Å²) in [5.41, 5.74) is 8.84. The molecule has 5 nitrogen and oxygen atoms in total. The molecule has 0 saturated carbocycles. The first kappa shape index (κ1) is 14.3. The number of aromatic nitrogens is 3. The van der Waals surface area contributed by atoms with Gasteiger partial charge in [0.05, 0.1) is 5.56 Å². The van der Waals surface area contributed by atoms with E-state index in [1.54, 1.807) is 0 Å². The number of nitrogens with zero attached hydrogens (tertiary/aromatic N) is 3. The zero-order valence-electron chi connectivity index (χ0n) is 12.4. The molecular weight excluding hydrogens is 284 g/mol. The van der Waals surface area contributed by atoms with Crippen LogP contribution in [0.15, 0.2) is 10.9 Å². The third-order valence-corrected chi connectivity index (χ3v) is 4.60. The van der Waals surface area contributed by atoms with Crippen molar-refractivity contribution in [2.75, 3.05) is 5.73 Å². The molecular formula is C15H20N4OS. The highest BCUT2D eigenvalue weighted by molar-refractivity contribution is 7.18. The van der Waals surface area contributed by atoms with Gasteiger partial charge >= 0.3 is 0 Å². The van der Waals surface area contributed by atoms with Gasteiger partial charge in [-0.3, -0.25) is 4.79 Å². The Kier molecular flexibility index (Phi) is 3.80. The maximum absolute atomic E-state index is 12.8. The van der Waals surface area contributed by atoms with Crippen LogP contribution in [0.5, 0.6) is 0 Å². The second-order valence-electron chi connectivity index (χ2n) is 5.99. The molecule has 112 valence electrons. The molecule has 0 amide bonds. The van der Waals surface area contributed by atoms with Crippen molar-refractivity contribution < 1.29 is 0 Å². The molecule has 0 fully saturated rings. The summed E-state index contributed by atoms with van der Waals surface area (Å²) >= 11 is 1.28. The fraction of sp³-hybridized carbons (Fsp3) is 0.533. The smallest absolute Gasteiger partial charge is 0.261 e. The van der Waals surface area contributed by atoms with Crippen LogP contribution in [-0.4, -0.2) is 14.8 Å². The Morgan fingerprint density at radius 2 is 2.10 bits per heavy atom. The predicted octanol–water partition coefficient (Wildman–Crippen LogP) is 2.48. The number of hydrogen-bond acceptors (Lipinski definition) is 5. The van der Waals surface area contributed by atoms with Crippen LogP contribution in [0.3, 0.4) is 0 Å². The van der Waals surface area contributed by atoms with Crippen molar-refractivity contribution in [1.29, 1.82) is 0 Å². The minimum atomic E-state index is 0.0421. The number of pyridine rings is 1. The molecule has 2 aromatic heterocycles. The molecule has 0 spiro atoms. The molecule has 0 aliphatic heterocycles. The first-order valence-electron chi connectivity index (χ1n) is 7.41. The number of hydrogen-bond donors (Lipinski definition) is 1. The summed E-state index contributed by atoms with van der Waals surface area (Å²) in [6.45, 7) is 5.03.